The van der Waals surface area contributed by atoms with Crippen LogP contribution in [-0.4, -0.2) is 96.7 Å². The second kappa shape index (κ2) is 61.9. The largest absolute Gasteiger partial charge is 0.472 e. The lowest BCUT2D eigenvalue weighted by atomic mass is 10.0. The molecule has 0 bridgehead atoms. The minimum atomic E-state index is -4.94. The molecule has 510 valence electrons. The number of carbonyl (C=O) groups is 4. The number of aliphatic hydroxyl groups excluding tert-OH is 1. The van der Waals surface area contributed by atoms with Gasteiger partial charge < -0.3 is 33.8 Å². The Labute approximate surface area is 524 Å². The fourth-order valence-electron chi connectivity index (χ4n) is 10.2. The molecule has 0 radical (unpaired) electrons. The van der Waals surface area contributed by atoms with Gasteiger partial charge in [-0.25, -0.2) is 9.13 Å². The summed E-state index contributed by atoms with van der Waals surface area (Å²) in [6.07, 6.45) is 49.2. The normalized spacial score (nSPS) is 14.1. The van der Waals surface area contributed by atoms with Crippen molar-refractivity contribution in [2.75, 3.05) is 39.6 Å². The van der Waals surface area contributed by atoms with Gasteiger partial charge in [0.05, 0.1) is 26.4 Å². The van der Waals surface area contributed by atoms with Crippen molar-refractivity contribution in [3.8, 4) is 0 Å². The minimum Gasteiger partial charge on any atom is -0.462 e. The molecule has 0 aliphatic rings. The fraction of sp³-hybridized carbons (Fsp3) is 0.940. The number of hydrogen-bond donors (Lipinski definition) is 3. The zero-order valence-corrected chi connectivity index (χ0v) is 57.1. The standard InChI is InChI=1S/C67H130O17P2/c1-5-9-13-17-20-22-24-26-28-30-31-33-35-37-39-42-46-50-54-67(72)84-63(58-78-65(70)52-48-44-41-38-36-34-32-29-27-25-23-21-18-14-10-6-2)60-82-86(75,76)80-56-61(68)55-79-85(73,74)81-59-62(57-77-64(69)51-47-43-16-12-8-4)83-66(71)53-49-45-40-19-15-11-7-3/h61-63,68H,5-60H2,1-4H3,(H,73,74)(H,75,76)/t61-,62+,63+/m0/s1. The fourth-order valence-corrected chi connectivity index (χ4v) is 11.7. The van der Waals surface area contributed by atoms with E-state index in [2.05, 4.69) is 27.7 Å². The number of carbonyl (C=O) groups excluding carboxylic acids is 4. The molecule has 86 heavy (non-hydrogen) atoms. The lowest BCUT2D eigenvalue weighted by Gasteiger charge is -2.21. The molecular formula is C67H130O17P2. The Balaban J connectivity index is 5.11. The highest BCUT2D eigenvalue weighted by Gasteiger charge is 2.30. The summed E-state index contributed by atoms with van der Waals surface area (Å²) in [5.41, 5.74) is 0. The maximum Gasteiger partial charge on any atom is 0.472 e. The molecule has 0 saturated carbocycles. The smallest absolute Gasteiger partial charge is 0.462 e. The Morgan fingerprint density at radius 2 is 0.465 bits per heavy atom. The van der Waals surface area contributed by atoms with Crippen LogP contribution < -0.4 is 0 Å². The summed E-state index contributed by atoms with van der Waals surface area (Å²) < 4.78 is 67.8. The Hall–Kier alpha value is -1.94. The van der Waals surface area contributed by atoms with Gasteiger partial charge in [0.15, 0.2) is 12.2 Å². The number of phosphoric ester groups is 2. The Morgan fingerprint density at radius 3 is 0.686 bits per heavy atom. The van der Waals surface area contributed by atoms with Crippen LogP contribution in [0.25, 0.3) is 0 Å². The van der Waals surface area contributed by atoms with Gasteiger partial charge in [0, 0.05) is 25.7 Å². The maximum absolute atomic E-state index is 13.0. The lowest BCUT2D eigenvalue weighted by molar-refractivity contribution is -0.161. The zero-order valence-electron chi connectivity index (χ0n) is 55.3. The molecule has 0 aliphatic heterocycles. The van der Waals surface area contributed by atoms with E-state index >= 15 is 0 Å². The number of aliphatic hydroxyl groups is 1. The quantitative estimate of drug-likeness (QED) is 0.0222. The molecule has 0 rings (SSSR count). The van der Waals surface area contributed by atoms with Gasteiger partial charge in [0.1, 0.15) is 19.3 Å². The first kappa shape index (κ1) is 84.1. The third-order valence-electron chi connectivity index (χ3n) is 15.6. The minimum absolute atomic E-state index is 0.103. The van der Waals surface area contributed by atoms with E-state index in [9.17, 15) is 43.2 Å². The highest BCUT2D eigenvalue weighted by molar-refractivity contribution is 7.47. The van der Waals surface area contributed by atoms with Crippen LogP contribution in [0.4, 0.5) is 0 Å². The van der Waals surface area contributed by atoms with Crippen LogP contribution in [0.1, 0.15) is 349 Å². The number of rotatable bonds is 68. The Kier molecular flexibility index (Phi) is 60.5. The van der Waals surface area contributed by atoms with Crippen molar-refractivity contribution in [1.29, 1.82) is 0 Å². The third-order valence-corrected chi connectivity index (χ3v) is 17.5. The topological polar surface area (TPSA) is 237 Å². The molecule has 0 heterocycles. The van der Waals surface area contributed by atoms with Crippen molar-refractivity contribution in [1.82, 2.24) is 0 Å². The number of unbranched alkanes of at least 4 members (excludes halogenated alkanes) is 42. The lowest BCUT2D eigenvalue weighted by Crippen LogP contribution is -2.30. The zero-order chi connectivity index (χ0) is 63.3. The van der Waals surface area contributed by atoms with E-state index < -0.39 is 97.5 Å². The van der Waals surface area contributed by atoms with E-state index in [-0.39, 0.29) is 25.7 Å². The molecule has 17 nitrogen and oxygen atoms in total. The second-order valence-electron chi connectivity index (χ2n) is 24.2. The van der Waals surface area contributed by atoms with Crippen LogP contribution in [-0.2, 0) is 65.4 Å². The average Bonchev–Trinajstić information content (AvgIpc) is 3.56. The van der Waals surface area contributed by atoms with Gasteiger partial charge in [-0.3, -0.25) is 37.3 Å². The predicted octanol–water partition coefficient (Wildman–Crippen LogP) is 19.1. The summed E-state index contributed by atoms with van der Waals surface area (Å²) in [6.45, 7) is 4.79. The van der Waals surface area contributed by atoms with E-state index in [1.54, 1.807) is 0 Å². The summed E-state index contributed by atoms with van der Waals surface area (Å²) in [5, 5.41) is 10.5. The van der Waals surface area contributed by atoms with Gasteiger partial charge in [-0.2, -0.15) is 0 Å². The van der Waals surface area contributed by atoms with Crippen molar-refractivity contribution in [3.05, 3.63) is 0 Å². The molecular weight excluding hydrogens is 1140 g/mol. The Bertz CT molecular complexity index is 1650. The third kappa shape index (κ3) is 60.9. The van der Waals surface area contributed by atoms with Crippen molar-refractivity contribution in [2.24, 2.45) is 0 Å². The van der Waals surface area contributed by atoms with E-state index in [0.29, 0.717) is 25.7 Å². The monoisotopic (exact) mass is 1270 g/mol. The summed E-state index contributed by atoms with van der Waals surface area (Å²) in [7, 11) is -9.88. The SMILES string of the molecule is CCCCCCCCCCCCCCCCCCCCC(=O)O[C@H](COC(=O)CCCCCCCCCCCCCCCCCC)COP(=O)(O)OC[C@@H](O)COP(=O)(O)OC[C@@H](COC(=O)CCCCCCC)OC(=O)CCCCCCCCC. The highest BCUT2D eigenvalue weighted by atomic mass is 31.2. The van der Waals surface area contributed by atoms with Crippen LogP contribution in [0.3, 0.4) is 0 Å². The van der Waals surface area contributed by atoms with Crippen LogP contribution in [0.2, 0.25) is 0 Å². The number of hydrogen-bond acceptors (Lipinski definition) is 15. The molecule has 0 aromatic rings. The van der Waals surface area contributed by atoms with Crippen LogP contribution in [0.5, 0.6) is 0 Å². The first-order chi connectivity index (χ1) is 41.7. The number of esters is 4. The van der Waals surface area contributed by atoms with E-state index in [4.69, 9.17) is 37.0 Å². The van der Waals surface area contributed by atoms with Gasteiger partial charge in [0.2, 0.25) is 0 Å². The van der Waals surface area contributed by atoms with Crippen LogP contribution in [0.15, 0.2) is 0 Å². The first-order valence-electron chi connectivity index (χ1n) is 35.3. The van der Waals surface area contributed by atoms with Gasteiger partial charge in [-0.1, -0.05) is 297 Å². The molecule has 0 amide bonds. The first-order valence-corrected chi connectivity index (χ1v) is 38.3. The molecule has 19 heteroatoms. The van der Waals surface area contributed by atoms with E-state index in [1.807, 2.05) is 0 Å². The highest BCUT2D eigenvalue weighted by Crippen LogP contribution is 2.45. The van der Waals surface area contributed by atoms with Crippen molar-refractivity contribution in [3.63, 3.8) is 0 Å². The number of ether oxygens (including phenoxy) is 4. The van der Waals surface area contributed by atoms with Crippen LogP contribution >= 0.6 is 15.6 Å². The molecule has 0 aromatic carbocycles. The molecule has 0 aromatic heterocycles. The Morgan fingerprint density at radius 1 is 0.279 bits per heavy atom. The summed E-state index contributed by atoms with van der Waals surface area (Å²) >= 11 is 0. The molecule has 5 atom stereocenters. The van der Waals surface area contributed by atoms with Crippen molar-refractivity contribution < 1.29 is 80.2 Å². The van der Waals surface area contributed by atoms with Crippen molar-refractivity contribution >= 4 is 39.5 Å². The maximum atomic E-state index is 13.0. The second-order valence-corrected chi connectivity index (χ2v) is 27.1. The van der Waals surface area contributed by atoms with E-state index in [1.165, 1.54) is 161 Å². The van der Waals surface area contributed by atoms with Crippen LogP contribution in [0, 0.1) is 0 Å². The molecule has 0 spiro atoms. The molecule has 0 fully saturated rings. The van der Waals surface area contributed by atoms with E-state index in [0.717, 1.165) is 109 Å². The predicted molar refractivity (Wildman–Crippen MR) is 345 cm³/mol. The molecule has 0 saturated heterocycles. The summed E-state index contributed by atoms with van der Waals surface area (Å²) in [4.78, 5) is 72.0. The summed E-state index contributed by atoms with van der Waals surface area (Å²) in [5.74, 6) is -2.14. The average molecular weight is 1270 g/mol. The molecule has 3 N–H and O–H groups in total. The number of phosphoric acid groups is 2. The van der Waals surface area contributed by atoms with Crippen molar-refractivity contribution in [2.45, 2.75) is 367 Å². The van der Waals surface area contributed by atoms with Gasteiger partial charge in [-0.05, 0) is 25.7 Å². The molecule has 0 aliphatic carbocycles. The van der Waals surface area contributed by atoms with Gasteiger partial charge in [0.25, 0.3) is 0 Å². The molecule has 2 unspecified atom stereocenters. The van der Waals surface area contributed by atoms with Gasteiger partial charge in [-0.15, -0.1) is 0 Å². The van der Waals surface area contributed by atoms with Gasteiger partial charge >= 0.3 is 39.5 Å². The summed E-state index contributed by atoms with van der Waals surface area (Å²) in [6, 6.07) is 0.